The fourth-order valence-electron chi connectivity index (χ4n) is 1.29. The molecule has 0 saturated heterocycles. The van der Waals surface area contributed by atoms with E-state index in [4.69, 9.17) is 12.2 Å². The van der Waals surface area contributed by atoms with Gasteiger partial charge in [0, 0.05) is 11.7 Å². The molecule has 0 bridgehead atoms. The highest BCUT2D eigenvalue weighted by Gasteiger charge is 2.02. The van der Waals surface area contributed by atoms with Crippen molar-refractivity contribution in [3.8, 4) is 0 Å². The number of hydrogen-bond donors (Lipinski definition) is 2. The molecule has 0 aliphatic heterocycles. The van der Waals surface area contributed by atoms with Gasteiger partial charge in [-0.15, -0.1) is 0 Å². The second-order valence-electron chi connectivity index (χ2n) is 4.07. The molecule has 0 heterocycles. The summed E-state index contributed by atoms with van der Waals surface area (Å²) in [4.78, 5) is 0. The minimum absolute atomic E-state index is 0.357. The Hall–Kier alpha value is -1.09. The Morgan fingerprint density at radius 3 is 2.53 bits per heavy atom. The maximum Gasteiger partial charge on any atom is 0.170 e. The number of thiocarbonyl (C=S) groups is 1. The zero-order chi connectivity index (χ0) is 11.4. The van der Waals surface area contributed by atoms with E-state index in [9.17, 15) is 0 Å². The number of hydrogen-bond acceptors (Lipinski definition) is 1. The van der Waals surface area contributed by atoms with Gasteiger partial charge >= 0.3 is 0 Å². The predicted octanol–water partition coefficient (Wildman–Crippen LogP) is 3.00. The van der Waals surface area contributed by atoms with E-state index in [0.29, 0.717) is 11.2 Å². The van der Waals surface area contributed by atoms with E-state index in [0.717, 1.165) is 5.69 Å². The lowest BCUT2D eigenvalue weighted by Crippen LogP contribution is -2.34. The summed E-state index contributed by atoms with van der Waals surface area (Å²) in [6.45, 7) is 8.28. The highest BCUT2D eigenvalue weighted by atomic mass is 32.1. The average molecular weight is 222 g/mol. The highest BCUT2D eigenvalue weighted by Crippen LogP contribution is 2.16. The molecule has 0 spiro atoms. The van der Waals surface area contributed by atoms with Crippen LogP contribution in [0.1, 0.15) is 25.0 Å². The average Bonchev–Trinajstić information content (AvgIpc) is 2.10. The zero-order valence-electron chi connectivity index (χ0n) is 9.72. The Morgan fingerprint density at radius 2 is 1.93 bits per heavy atom. The van der Waals surface area contributed by atoms with Crippen molar-refractivity contribution < 1.29 is 0 Å². The first-order valence-corrected chi connectivity index (χ1v) is 5.54. The Kier molecular flexibility index (Phi) is 4.09. The van der Waals surface area contributed by atoms with Crippen molar-refractivity contribution in [1.82, 2.24) is 5.32 Å². The molecule has 0 atom stereocenters. The SMILES string of the molecule is Cc1ccc(C)c(NC(=S)NC(C)C)c1. The quantitative estimate of drug-likeness (QED) is 0.752. The molecule has 15 heavy (non-hydrogen) atoms. The third-order valence-corrected chi connectivity index (χ3v) is 2.28. The van der Waals surface area contributed by atoms with E-state index >= 15 is 0 Å². The summed E-state index contributed by atoms with van der Waals surface area (Å²) in [5.74, 6) is 0. The third kappa shape index (κ3) is 3.88. The van der Waals surface area contributed by atoms with Gasteiger partial charge < -0.3 is 10.6 Å². The fourth-order valence-corrected chi connectivity index (χ4v) is 1.64. The largest absolute Gasteiger partial charge is 0.360 e. The Labute approximate surface area is 97.1 Å². The topological polar surface area (TPSA) is 24.1 Å². The molecule has 82 valence electrons. The van der Waals surface area contributed by atoms with Crippen LogP contribution >= 0.6 is 12.2 Å². The van der Waals surface area contributed by atoms with Crippen molar-refractivity contribution in [3.05, 3.63) is 29.3 Å². The minimum Gasteiger partial charge on any atom is -0.360 e. The predicted molar refractivity (Wildman–Crippen MR) is 70.4 cm³/mol. The molecule has 1 aromatic rings. The lowest BCUT2D eigenvalue weighted by atomic mass is 10.1. The number of anilines is 1. The summed E-state index contributed by atoms with van der Waals surface area (Å²) >= 11 is 5.19. The van der Waals surface area contributed by atoms with Gasteiger partial charge in [0.15, 0.2) is 5.11 Å². The first-order chi connectivity index (χ1) is 6.99. The van der Waals surface area contributed by atoms with E-state index in [1.165, 1.54) is 11.1 Å². The molecule has 0 fully saturated rings. The smallest absolute Gasteiger partial charge is 0.170 e. The number of benzene rings is 1. The molecule has 3 heteroatoms. The van der Waals surface area contributed by atoms with Crippen LogP contribution in [-0.4, -0.2) is 11.2 Å². The number of nitrogens with one attached hydrogen (secondary N) is 2. The second-order valence-corrected chi connectivity index (χ2v) is 4.48. The van der Waals surface area contributed by atoms with Crippen molar-refractivity contribution in [2.24, 2.45) is 0 Å². The first-order valence-electron chi connectivity index (χ1n) is 5.14. The van der Waals surface area contributed by atoms with Gasteiger partial charge in [-0.3, -0.25) is 0 Å². The maximum absolute atomic E-state index is 5.19. The van der Waals surface area contributed by atoms with Crippen LogP contribution in [0.5, 0.6) is 0 Å². The zero-order valence-corrected chi connectivity index (χ0v) is 10.5. The molecule has 0 unspecified atom stereocenters. The van der Waals surface area contributed by atoms with E-state index in [1.807, 2.05) is 0 Å². The van der Waals surface area contributed by atoms with Gasteiger partial charge in [-0.25, -0.2) is 0 Å². The Morgan fingerprint density at radius 1 is 1.27 bits per heavy atom. The highest BCUT2D eigenvalue weighted by molar-refractivity contribution is 7.80. The third-order valence-electron chi connectivity index (χ3n) is 2.06. The molecule has 0 radical (unpaired) electrons. The molecular weight excluding hydrogens is 204 g/mol. The molecule has 0 aromatic heterocycles. The molecule has 1 aromatic carbocycles. The van der Waals surface area contributed by atoms with Gasteiger partial charge in [0.05, 0.1) is 0 Å². The van der Waals surface area contributed by atoms with Crippen LogP contribution in [0.4, 0.5) is 5.69 Å². The maximum atomic E-state index is 5.19. The summed E-state index contributed by atoms with van der Waals surface area (Å²) in [6, 6.07) is 6.65. The van der Waals surface area contributed by atoms with Crippen molar-refractivity contribution in [1.29, 1.82) is 0 Å². The standard InChI is InChI=1S/C12H18N2S/c1-8(2)13-12(15)14-11-7-9(3)5-6-10(11)4/h5-8H,1-4H3,(H2,13,14,15). The van der Waals surface area contributed by atoms with Crippen molar-refractivity contribution in [3.63, 3.8) is 0 Å². The summed E-state index contributed by atoms with van der Waals surface area (Å²) < 4.78 is 0. The molecule has 2 N–H and O–H groups in total. The monoisotopic (exact) mass is 222 g/mol. The van der Waals surface area contributed by atoms with E-state index < -0.39 is 0 Å². The molecule has 0 saturated carbocycles. The van der Waals surface area contributed by atoms with Crippen LogP contribution < -0.4 is 10.6 Å². The van der Waals surface area contributed by atoms with Crippen LogP contribution in [-0.2, 0) is 0 Å². The van der Waals surface area contributed by atoms with E-state index in [-0.39, 0.29) is 0 Å². The van der Waals surface area contributed by atoms with Crippen LogP contribution in [0, 0.1) is 13.8 Å². The van der Waals surface area contributed by atoms with Gasteiger partial charge in [0.25, 0.3) is 0 Å². The number of aryl methyl sites for hydroxylation is 2. The van der Waals surface area contributed by atoms with Crippen LogP contribution in [0.25, 0.3) is 0 Å². The van der Waals surface area contributed by atoms with Crippen LogP contribution in [0.2, 0.25) is 0 Å². The summed E-state index contributed by atoms with van der Waals surface area (Å²) in [6.07, 6.45) is 0. The summed E-state index contributed by atoms with van der Waals surface area (Å²) in [5, 5.41) is 7.04. The lowest BCUT2D eigenvalue weighted by molar-refractivity contribution is 0.739. The van der Waals surface area contributed by atoms with Gasteiger partial charge in [0.1, 0.15) is 0 Å². The molecule has 0 aliphatic rings. The van der Waals surface area contributed by atoms with Crippen molar-refractivity contribution in [2.45, 2.75) is 33.7 Å². The Bertz CT molecular complexity index is 359. The molecule has 0 amide bonds. The first kappa shape index (κ1) is 12.0. The summed E-state index contributed by atoms with van der Waals surface area (Å²) in [5.41, 5.74) is 3.51. The molecule has 0 aliphatic carbocycles. The summed E-state index contributed by atoms with van der Waals surface area (Å²) in [7, 11) is 0. The van der Waals surface area contributed by atoms with Crippen LogP contribution in [0.15, 0.2) is 18.2 Å². The minimum atomic E-state index is 0.357. The van der Waals surface area contributed by atoms with Gasteiger partial charge in [-0.05, 0) is 57.1 Å². The van der Waals surface area contributed by atoms with Gasteiger partial charge in [0.2, 0.25) is 0 Å². The van der Waals surface area contributed by atoms with Gasteiger partial charge in [-0.1, -0.05) is 12.1 Å². The molecular formula is C12H18N2S. The normalized spacial score (nSPS) is 10.2. The fraction of sp³-hybridized carbons (Fsp3) is 0.417. The molecule has 1 rings (SSSR count). The van der Waals surface area contributed by atoms with E-state index in [1.54, 1.807) is 0 Å². The Balaban J connectivity index is 2.71. The lowest BCUT2D eigenvalue weighted by Gasteiger charge is -2.15. The van der Waals surface area contributed by atoms with Crippen molar-refractivity contribution in [2.75, 3.05) is 5.32 Å². The number of rotatable bonds is 2. The van der Waals surface area contributed by atoms with Crippen LogP contribution in [0.3, 0.4) is 0 Å². The second kappa shape index (κ2) is 5.12. The van der Waals surface area contributed by atoms with E-state index in [2.05, 4.69) is 56.5 Å². The molecule has 2 nitrogen and oxygen atoms in total. The van der Waals surface area contributed by atoms with Crippen molar-refractivity contribution >= 4 is 23.0 Å². The van der Waals surface area contributed by atoms with Gasteiger partial charge in [-0.2, -0.15) is 0 Å².